The van der Waals surface area contributed by atoms with Crippen molar-refractivity contribution in [2.24, 2.45) is 0 Å². The molecule has 0 unspecified atom stereocenters. The maximum absolute atomic E-state index is 12.0. The summed E-state index contributed by atoms with van der Waals surface area (Å²) in [5, 5.41) is 0. The van der Waals surface area contributed by atoms with Gasteiger partial charge in [0.2, 0.25) is 0 Å². The molecule has 86 valence electrons. The van der Waals surface area contributed by atoms with Crippen LogP contribution in [0, 0.1) is 0 Å². The molecule has 0 aliphatic carbocycles. The maximum atomic E-state index is 12.0. The second-order valence-corrected chi connectivity index (χ2v) is 3.54. The van der Waals surface area contributed by atoms with Crippen LogP contribution in [-0.2, 0) is 4.74 Å². The molecule has 0 N–H and O–H groups in total. The largest absolute Gasteiger partial charge is 0.472 e. The lowest BCUT2D eigenvalue weighted by molar-refractivity contribution is 0.0395. The molecule has 0 spiro atoms. The summed E-state index contributed by atoms with van der Waals surface area (Å²) in [6, 6.07) is 7.30. The molecular weight excluding hydrogens is 206 g/mol. The predicted octanol–water partition coefficient (Wildman–Crippen LogP) is 1.52. The lowest BCUT2D eigenvalue weighted by Gasteiger charge is -2.28. The van der Waals surface area contributed by atoms with Gasteiger partial charge in [-0.1, -0.05) is 12.1 Å². The van der Waals surface area contributed by atoms with E-state index < -0.39 is 0 Å². The first-order valence-corrected chi connectivity index (χ1v) is 5.41. The number of hydrogen-bond acceptors (Lipinski definition) is 3. The molecule has 0 radical (unpaired) electrons. The Morgan fingerprint density at radius 3 is 3.06 bits per heavy atom. The molecule has 1 aromatic rings. The summed E-state index contributed by atoms with van der Waals surface area (Å²) >= 11 is 0. The molecule has 4 heteroatoms. The Labute approximate surface area is 94.8 Å². The number of carbonyl (C=O) groups excluding carboxylic acids is 1. The summed E-state index contributed by atoms with van der Waals surface area (Å²) in [7, 11) is 0. The van der Waals surface area contributed by atoms with Crippen LogP contribution in [0.2, 0.25) is 0 Å². The molecule has 4 nitrogen and oxygen atoms in total. The minimum atomic E-state index is 0.0153. The van der Waals surface area contributed by atoms with E-state index in [-0.39, 0.29) is 5.91 Å². The number of nitrogens with zero attached hydrogens (tertiary/aromatic N) is 1. The number of fused-ring (bicyclic) bond motifs is 1. The van der Waals surface area contributed by atoms with Crippen molar-refractivity contribution in [1.29, 1.82) is 0 Å². The van der Waals surface area contributed by atoms with Crippen LogP contribution in [0.25, 0.3) is 0 Å². The third kappa shape index (κ3) is 2.17. The highest BCUT2D eigenvalue weighted by molar-refractivity contribution is 5.97. The zero-order chi connectivity index (χ0) is 11.4. The zero-order valence-electron chi connectivity index (χ0n) is 9.31. The Balaban J connectivity index is 2.03. The second-order valence-electron chi connectivity index (χ2n) is 3.54. The Morgan fingerprint density at radius 2 is 2.25 bits per heavy atom. The predicted molar refractivity (Wildman–Crippen MR) is 59.5 cm³/mol. The first-order valence-electron chi connectivity index (χ1n) is 5.41. The lowest BCUT2D eigenvalue weighted by Crippen LogP contribution is -2.40. The fourth-order valence-corrected chi connectivity index (χ4v) is 1.63. The number of para-hydroxylation sites is 1. The van der Waals surface area contributed by atoms with E-state index in [9.17, 15) is 4.79 Å². The quantitative estimate of drug-likeness (QED) is 0.723. The number of rotatable bonds is 4. The molecule has 16 heavy (non-hydrogen) atoms. The van der Waals surface area contributed by atoms with E-state index in [2.05, 4.69) is 0 Å². The Kier molecular flexibility index (Phi) is 3.41. The van der Waals surface area contributed by atoms with Crippen molar-refractivity contribution in [3.8, 4) is 5.75 Å². The van der Waals surface area contributed by atoms with Crippen molar-refractivity contribution in [2.75, 3.05) is 26.5 Å². The van der Waals surface area contributed by atoms with Crippen LogP contribution < -0.4 is 4.74 Å². The van der Waals surface area contributed by atoms with Crippen molar-refractivity contribution >= 4 is 5.91 Å². The van der Waals surface area contributed by atoms with Gasteiger partial charge in [0, 0.05) is 13.2 Å². The monoisotopic (exact) mass is 221 g/mol. The van der Waals surface area contributed by atoms with Crippen LogP contribution in [0.4, 0.5) is 0 Å². The molecule has 1 aromatic carbocycles. The van der Waals surface area contributed by atoms with Gasteiger partial charge in [-0.05, 0) is 19.1 Å². The fourth-order valence-electron chi connectivity index (χ4n) is 1.63. The van der Waals surface area contributed by atoms with Gasteiger partial charge in [-0.3, -0.25) is 4.79 Å². The smallest absolute Gasteiger partial charge is 0.260 e. The molecule has 1 heterocycles. The standard InChI is InChI=1S/C12H15NO3/c1-2-15-8-7-13-9-16-11-6-4-3-5-10(11)12(13)14/h3-6H,2,7-9H2,1H3. The SMILES string of the molecule is CCOCCN1COc2ccccc2C1=O. The first kappa shape index (κ1) is 11.0. The molecule has 0 bridgehead atoms. The molecule has 1 aliphatic heterocycles. The highest BCUT2D eigenvalue weighted by atomic mass is 16.5. The van der Waals surface area contributed by atoms with Gasteiger partial charge in [-0.2, -0.15) is 0 Å². The summed E-state index contributed by atoms with van der Waals surface area (Å²) in [5.74, 6) is 0.682. The fraction of sp³-hybridized carbons (Fsp3) is 0.417. The van der Waals surface area contributed by atoms with E-state index in [4.69, 9.17) is 9.47 Å². The highest BCUT2D eigenvalue weighted by Crippen LogP contribution is 2.23. The van der Waals surface area contributed by atoms with E-state index in [0.717, 1.165) is 0 Å². The van der Waals surface area contributed by atoms with Crippen molar-refractivity contribution in [1.82, 2.24) is 4.90 Å². The average Bonchev–Trinajstić information content (AvgIpc) is 2.33. The van der Waals surface area contributed by atoms with Crippen LogP contribution in [0.5, 0.6) is 5.75 Å². The van der Waals surface area contributed by atoms with Crippen molar-refractivity contribution in [2.45, 2.75) is 6.92 Å². The summed E-state index contributed by atoms with van der Waals surface area (Å²) in [6.45, 7) is 4.03. The number of carbonyl (C=O) groups is 1. The minimum absolute atomic E-state index is 0.0153. The summed E-state index contributed by atoms with van der Waals surface area (Å²) in [5.41, 5.74) is 0.630. The van der Waals surface area contributed by atoms with Crippen LogP contribution in [0.3, 0.4) is 0 Å². The average molecular weight is 221 g/mol. The molecule has 0 saturated heterocycles. The van der Waals surface area contributed by atoms with Gasteiger partial charge in [-0.15, -0.1) is 0 Å². The van der Waals surface area contributed by atoms with Gasteiger partial charge < -0.3 is 14.4 Å². The molecule has 1 amide bonds. The van der Waals surface area contributed by atoms with Crippen molar-refractivity contribution < 1.29 is 14.3 Å². The van der Waals surface area contributed by atoms with Crippen LogP contribution in [-0.4, -0.2) is 37.3 Å². The normalized spacial score (nSPS) is 14.6. The van der Waals surface area contributed by atoms with Gasteiger partial charge in [0.25, 0.3) is 5.91 Å². The van der Waals surface area contributed by atoms with Crippen LogP contribution in [0.15, 0.2) is 24.3 Å². The Morgan fingerprint density at radius 1 is 1.44 bits per heavy atom. The van der Waals surface area contributed by atoms with E-state index in [1.54, 1.807) is 11.0 Å². The molecule has 0 aromatic heterocycles. The maximum Gasteiger partial charge on any atom is 0.260 e. The third-order valence-electron chi connectivity index (χ3n) is 2.49. The molecule has 0 atom stereocenters. The Hall–Kier alpha value is -1.55. The number of amides is 1. The number of benzene rings is 1. The zero-order valence-corrected chi connectivity index (χ0v) is 9.31. The van der Waals surface area contributed by atoms with Gasteiger partial charge in [0.15, 0.2) is 6.73 Å². The van der Waals surface area contributed by atoms with Crippen LogP contribution >= 0.6 is 0 Å². The highest BCUT2D eigenvalue weighted by Gasteiger charge is 2.24. The van der Waals surface area contributed by atoms with Crippen LogP contribution in [0.1, 0.15) is 17.3 Å². The number of ether oxygens (including phenoxy) is 2. The van der Waals surface area contributed by atoms with Gasteiger partial charge in [0.05, 0.1) is 12.2 Å². The van der Waals surface area contributed by atoms with Crippen molar-refractivity contribution in [3.05, 3.63) is 29.8 Å². The summed E-state index contributed by atoms with van der Waals surface area (Å²) in [6.07, 6.45) is 0. The van der Waals surface area contributed by atoms with E-state index in [0.29, 0.717) is 37.8 Å². The van der Waals surface area contributed by atoms with Gasteiger partial charge >= 0.3 is 0 Å². The molecule has 0 saturated carbocycles. The first-order chi connectivity index (χ1) is 7.83. The molecule has 2 rings (SSSR count). The second kappa shape index (κ2) is 4.99. The van der Waals surface area contributed by atoms with Gasteiger partial charge in [0.1, 0.15) is 5.75 Å². The molecule has 1 aliphatic rings. The van der Waals surface area contributed by atoms with E-state index >= 15 is 0 Å². The molecular formula is C12H15NO3. The van der Waals surface area contributed by atoms with E-state index in [1.807, 2.05) is 25.1 Å². The minimum Gasteiger partial charge on any atom is -0.472 e. The lowest BCUT2D eigenvalue weighted by atomic mass is 10.1. The van der Waals surface area contributed by atoms with E-state index in [1.165, 1.54) is 0 Å². The molecule has 0 fully saturated rings. The van der Waals surface area contributed by atoms with Crippen molar-refractivity contribution in [3.63, 3.8) is 0 Å². The summed E-state index contributed by atoms with van der Waals surface area (Å²) < 4.78 is 10.7. The third-order valence-corrected chi connectivity index (χ3v) is 2.49. The number of hydrogen-bond donors (Lipinski definition) is 0. The summed E-state index contributed by atoms with van der Waals surface area (Å²) in [4.78, 5) is 13.7. The van der Waals surface area contributed by atoms with Gasteiger partial charge in [-0.25, -0.2) is 0 Å². The topological polar surface area (TPSA) is 38.8 Å². The Bertz CT molecular complexity index is 378.